The van der Waals surface area contributed by atoms with Crippen molar-refractivity contribution in [2.24, 2.45) is 4.99 Å². The second-order valence-electron chi connectivity index (χ2n) is 7.59. The first-order valence-corrected chi connectivity index (χ1v) is 10.1. The van der Waals surface area contributed by atoms with Crippen molar-refractivity contribution in [2.75, 3.05) is 34.3 Å². The number of methoxy groups -OCH3 is 1. The number of guanidine groups is 1. The highest BCUT2D eigenvalue weighted by Gasteiger charge is 2.20. The van der Waals surface area contributed by atoms with Crippen molar-refractivity contribution in [2.45, 2.75) is 45.3 Å². The molecule has 1 aromatic carbocycles. The molecule has 2 rings (SSSR count). The van der Waals surface area contributed by atoms with Crippen molar-refractivity contribution >= 4 is 35.8 Å². The van der Waals surface area contributed by atoms with Crippen LogP contribution in [0, 0.1) is 0 Å². The molecule has 7 nitrogen and oxygen atoms in total. The largest absolute Gasteiger partial charge is 0.493 e. The maximum atomic E-state index is 11.9. The Balaban J connectivity index is 0.00000450. The summed E-state index contributed by atoms with van der Waals surface area (Å²) in [7, 11) is 5.11. The monoisotopic (exact) mass is 530 g/mol. The molecule has 0 bridgehead atoms. The number of hydrogen-bond donors (Lipinski definition) is 2. The molecule has 0 radical (unpaired) electrons. The number of carbonyl (C=O) groups is 1. The zero-order valence-corrected chi connectivity index (χ0v) is 20.8. The van der Waals surface area contributed by atoms with Crippen molar-refractivity contribution < 1.29 is 14.3 Å². The predicted octanol–water partition coefficient (Wildman–Crippen LogP) is 3.33. The molecule has 1 aromatic rings. The fourth-order valence-electron chi connectivity index (χ4n) is 3.04. The molecule has 1 aliphatic carbocycles. The lowest BCUT2D eigenvalue weighted by Gasteiger charge is -2.19. The Morgan fingerprint density at radius 2 is 1.90 bits per heavy atom. The Bertz CT molecular complexity index is 731. The van der Waals surface area contributed by atoms with Gasteiger partial charge in [-0.3, -0.25) is 4.79 Å². The molecular weight excluding hydrogens is 495 g/mol. The number of likely N-dealkylation sites (N-methyl/N-ethyl adjacent to an activating group) is 1. The van der Waals surface area contributed by atoms with E-state index in [2.05, 4.69) is 22.2 Å². The molecule has 0 aromatic heterocycles. The van der Waals surface area contributed by atoms with Gasteiger partial charge in [0, 0.05) is 26.2 Å². The fraction of sp³-hybridized carbons (Fsp3) is 0.545. The van der Waals surface area contributed by atoms with Crippen LogP contribution in [0.4, 0.5) is 0 Å². The van der Waals surface area contributed by atoms with Crippen LogP contribution in [-0.4, -0.2) is 57.2 Å². The molecule has 0 heterocycles. The number of amides is 1. The number of benzene rings is 1. The van der Waals surface area contributed by atoms with Gasteiger partial charge >= 0.3 is 0 Å². The number of para-hydroxylation sites is 1. The van der Waals surface area contributed by atoms with E-state index < -0.39 is 0 Å². The van der Waals surface area contributed by atoms with Gasteiger partial charge in [0.05, 0.1) is 26.3 Å². The summed E-state index contributed by atoms with van der Waals surface area (Å²) in [6.07, 6.45) is 4.77. The SMILES string of the molecule is C=C(C)CNC(=NCc1cccc(OC)c1OC1CCCC1)NCC(=O)N(C)C.I. The van der Waals surface area contributed by atoms with Crippen LogP contribution in [0.3, 0.4) is 0 Å². The van der Waals surface area contributed by atoms with E-state index in [-0.39, 0.29) is 42.5 Å². The normalized spacial score (nSPS) is 13.9. The molecule has 1 saturated carbocycles. The van der Waals surface area contributed by atoms with Crippen molar-refractivity contribution in [1.82, 2.24) is 15.5 Å². The Kier molecular flexibility index (Phi) is 11.6. The van der Waals surface area contributed by atoms with E-state index in [9.17, 15) is 4.79 Å². The maximum Gasteiger partial charge on any atom is 0.241 e. The number of aliphatic imine (C=N–C) groups is 1. The van der Waals surface area contributed by atoms with Crippen LogP contribution in [-0.2, 0) is 11.3 Å². The molecular formula is C22H35IN4O3. The van der Waals surface area contributed by atoms with E-state index in [0.29, 0.717) is 19.0 Å². The first-order valence-electron chi connectivity index (χ1n) is 10.1. The Morgan fingerprint density at radius 1 is 1.23 bits per heavy atom. The Morgan fingerprint density at radius 3 is 2.50 bits per heavy atom. The first kappa shape index (κ1) is 26.1. The van der Waals surface area contributed by atoms with Gasteiger partial charge in [0.15, 0.2) is 17.5 Å². The van der Waals surface area contributed by atoms with E-state index in [1.807, 2.05) is 25.1 Å². The van der Waals surface area contributed by atoms with Crippen LogP contribution >= 0.6 is 24.0 Å². The zero-order valence-electron chi connectivity index (χ0n) is 18.5. The fourth-order valence-corrected chi connectivity index (χ4v) is 3.04. The van der Waals surface area contributed by atoms with Crippen molar-refractivity contribution in [3.8, 4) is 11.5 Å². The summed E-state index contributed by atoms with van der Waals surface area (Å²) >= 11 is 0. The molecule has 1 fully saturated rings. The molecule has 0 saturated heterocycles. The molecule has 2 N–H and O–H groups in total. The highest BCUT2D eigenvalue weighted by molar-refractivity contribution is 14.0. The van der Waals surface area contributed by atoms with Gasteiger partial charge < -0.3 is 25.0 Å². The van der Waals surface area contributed by atoms with E-state index in [1.54, 1.807) is 26.1 Å². The first-order chi connectivity index (χ1) is 13.9. The van der Waals surface area contributed by atoms with Crippen molar-refractivity contribution in [3.63, 3.8) is 0 Å². The lowest BCUT2D eigenvalue weighted by atomic mass is 10.1. The summed E-state index contributed by atoms with van der Waals surface area (Å²) in [5.41, 5.74) is 1.93. The number of carbonyl (C=O) groups excluding carboxylic acids is 1. The van der Waals surface area contributed by atoms with Gasteiger partial charge in [0.2, 0.25) is 5.91 Å². The standard InChI is InChI=1S/C22H34N4O3.HI/c1-16(2)13-23-22(25-15-20(27)26(3)4)24-14-17-9-8-12-19(28-5)21(17)29-18-10-6-7-11-18;/h8-9,12,18H,1,6-7,10-11,13-15H2,2-5H3,(H2,23,24,25);1H. The van der Waals surface area contributed by atoms with E-state index in [4.69, 9.17) is 9.47 Å². The highest BCUT2D eigenvalue weighted by Crippen LogP contribution is 2.35. The smallest absolute Gasteiger partial charge is 0.241 e. The van der Waals surface area contributed by atoms with E-state index >= 15 is 0 Å². The van der Waals surface area contributed by atoms with Gasteiger partial charge in [0.1, 0.15) is 0 Å². The minimum Gasteiger partial charge on any atom is -0.493 e. The summed E-state index contributed by atoms with van der Waals surface area (Å²) in [4.78, 5) is 18.1. The second-order valence-corrected chi connectivity index (χ2v) is 7.59. The lowest BCUT2D eigenvalue weighted by Crippen LogP contribution is -2.43. The zero-order chi connectivity index (χ0) is 21.2. The second kappa shape index (κ2) is 13.4. The molecule has 8 heteroatoms. The van der Waals surface area contributed by atoms with Crippen LogP contribution < -0.4 is 20.1 Å². The summed E-state index contributed by atoms with van der Waals surface area (Å²) in [6, 6.07) is 5.85. The lowest BCUT2D eigenvalue weighted by molar-refractivity contribution is -0.127. The Labute approximate surface area is 197 Å². The van der Waals surface area contributed by atoms with Crippen LogP contribution in [0.2, 0.25) is 0 Å². The highest BCUT2D eigenvalue weighted by atomic mass is 127. The molecule has 1 aliphatic rings. The number of nitrogens with zero attached hydrogens (tertiary/aromatic N) is 2. The van der Waals surface area contributed by atoms with Gasteiger partial charge in [-0.2, -0.15) is 0 Å². The molecule has 0 atom stereocenters. The third-order valence-corrected chi connectivity index (χ3v) is 4.74. The van der Waals surface area contributed by atoms with Gasteiger partial charge in [-0.25, -0.2) is 4.99 Å². The summed E-state index contributed by atoms with van der Waals surface area (Å²) in [5, 5.41) is 6.28. The van der Waals surface area contributed by atoms with Crippen LogP contribution in [0.25, 0.3) is 0 Å². The summed E-state index contributed by atoms with van der Waals surface area (Å²) in [6.45, 7) is 6.99. The number of rotatable bonds is 9. The van der Waals surface area contributed by atoms with E-state index in [0.717, 1.165) is 35.5 Å². The van der Waals surface area contributed by atoms with E-state index in [1.165, 1.54) is 12.8 Å². The number of hydrogen-bond acceptors (Lipinski definition) is 4. The predicted molar refractivity (Wildman–Crippen MR) is 132 cm³/mol. The molecule has 0 unspecified atom stereocenters. The van der Waals surface area contributed by atoms with Crippen LogP contribution in [0.5, 0.6) is 11.5 Å². The maximum absolute atomic E-state index is 11.9. The number of nitrogens with one attached hydrogen (secondary N) is 2. The van der Waals surface area contributed by atoms with Gasteiger partial charge in [-0.05, 0) is 38.7 Å². The average molecular weight is 530 g/mol. The van der Waals surface area contributed by atoms with Gasteiger partial charge in [-0.1, -0.05) is 24.3 Å². The Hall–Kier alpha value is -1.97. The third-order valence-electron chi connectivity index (χ3n) is 4.74. The molecule has 1 amide bonds. The topological polar surface area (TPSA) is 75.2 Å². The van der Waals surface area contributed by atoms with Crippen LogP contribution in [0.1, 0.15) is 38.2 Å². The van der Waals surface area contributed by atoms with Crippen molar-refractivity contribution in [3.05, 3.63) is 35.9 Å². The summed E-state index contributed by atoms with van der Waals surface area (Å²) in [5.74, 6) is 2.00. The van der Waals surface area contributed by atoms with Gasteiger partial charge in [-0.15, -0.1) is 24.0 Å². The van der Waals surface area contributed by atoms with Crippen LogP contribution in [0.15, 0.2) is 35.3 Å². The number of halogens is 1. The molecule has 168 valence electrons. The minimum absolute atomic E-state index is 0. The van der Waals surface area contributed by atoms with Gasteiger partial charge in [0.25, 0.3) is 0 Å². The molecule has 30 heavy (non-hydrogen) atoms. The van der Waals surface area contributed by atoms with Crippen molar-refractivity contribution in [1.29, 1.82) is 0 Å². The minimum atomic E-state index is -0.0264. The molecule has 0 spiro atoms. The third kappa shape index (κ3) is 8.41. The molecule has 0 aliphatic heterocycles. The average Bonchev–Trinajstić information content (AvgIpc) is 3.20. The number of ether oxygens (including phenoxy) is 2. The quantitative estimate of drug-likeness (QED) is 0.222. The summed E-state index contributed by atoms with van der Waals surface area (Å²) < 4.78 is 11.8.